The highest BCUT2D eigenvalue weighted by molar-refractivity contribution is 5.55. The van der Waals surface area contributed by atoms with Crippen LogP contribution in [0.4, 0.5) is 5.69 Å². The van der Waals surface area contributed by atoms with Gasteiger partial charge in [0.1, 0.15) is 0 Å². The molecule has 2 heteroatoms. The van der Waals surface area contributed by atoms with Gasteiger partial charge in [-0.2, -0.15) is 0 Å². The van der Waals surface area contributed by atoms with E-state index in [-0.39, 0.29) is 0 Å². The molecule has 0 aromatic heterocycles. The summed E-state index contributed by atoms with van der Waals surface area (Å²) in [6.07, 6.45) is 5.07. The second-order valence-corrected chi connectivity index (χ2v) is 6.20. The van der Waals surface area contributed by atoms with Crippen molar-refractivity contribution in [1.29, 1.82) is 0 Å². The number of anilines is 1. The molecule has 1 saturated carbocycles. The highest BCUT2D eigenvalue weighted by Gasteiger charge is 2.29. The van der Waals surface area contributed by atoms with E-state index in [9.17, 15) is 0 Å². The minimum atomic E-state index is 0.425. The average Bonchev–Trinajstić information content (AvgIpc) is 2.75. The number of rotatable bonds is 2. The Morgan fingerprint density at radius 1 is 1.28 bits per heavy atom. The zero-order valence-electron chi connectivity index (χ0n) is 11.3. The van der Waals surface area contributed by atoms with E-state index >= 15 is 0 Å². The summed E-state index contributed by atoms with van der Waals surface area (Å²) in [4.78, 5) is 2.58. The second kappa shape index (κ2) is 4.93. The number of nitrogens with zero attached hydrogens (tertiary/aromatic N) is 1. The molecule has 1 aliphatic carbocycles. The summed E-state index contributed by atoms with van der Waals surface area (Å²) in [6.45, 7) is 4.71. The lowest BCUT2D eigenvalue weighted by Crippen LogP contribution is -2.41. The van der Waals surface area contributed by atoms with Crippen LogP contribution in [0.3, 0.4) is 0 Å². The van der Waals surface area contributed by atoms with Crippen molar-refractivity contribution >= 4 is 5.69 Å². The van der Waals surface area contributed by atoms with Crippen LogP contribution < -0.4 is 10.6 Å². The largest absolute Gasteiger partial charge is 0.371 e. The van der Waals surface area contributed by atoms with Crippen molar-refractivity contribution in [2.24, 2.45) is 17.6 Å². The minimum absolute atomic E-state index is 0.425. The standard InChI is InChI=1S/C16H24N2/c1-12-9-13-5-2-3-8-16(13)18(10-12)11-14-6-4-7-15(14)17/h2-3,5,8,12,14-15H,4,6-7,9-11,17H2,1H3. The summed E-state index contributed by atoms with van der Waals surface area (Å²) < 4.78 is 0. The highest BCUT2D eigenvalue weighted by atomic mass is 15.1. The van der Waals surface area contributed by atoms with E-state index in [1.807, 2.05) is 0 Å². The van der Waals surface area contributed by atoms with Gasteiger partial charge in [0.25, 0.3) is 0 Å². The van der Waals surface area contributed by atoms with E-state index in [2.05, 4.69) is 36.1 Å². The molecule has 3 rings (SSSR count). The minimum Gasteiger partial charge on any atom is -0.371 e. The molecule has 1 aliphatic heterocycles. The fraction of sp³-hybridized carbons (Fsp3) is 0.625. The number of fused-ring (bicyclic) bond motifs is 1. The number of hydrogen-bond donors (Lipinski definition) is 1. The first-order valence-corrected chi connectivity index (χ1v) is 7.32. The zero-order valence-corrected chi connectivity index (χ0v) is 11.3. The van der Waals surface area contributed by atoms with Gasteiger partial charge < -0.3 is 10.6 Å². The SMILES string of the molecule is CC1Cc2ccccc2N(CC2CCCC2N)C1. The van der Waals surface area contributed by atoms with Gasteiger partial charge in [-0.1, -0.05) is 31.5 Å². The van der Waals surface area contributed by atoms with Crippen molar-refractivity contribution in [3.8, 4) is 0 Å². The molecule has 3 unspecified atom stereocenters. The maximum Gasteiger partial charge on any atom is 0.0399 e. The monoisotopic (exact) mass is 244 g/mol. The van der Waals surface area contributed by atoms with Crippen molar-refractivity contribution < 1.29 is 0 Å². The van der Waals surface area contributed by atoms with E-state index in [4.69, 9.17) is 5.73 Å². The van der Waals surface area contributed by atoms with Gasteiger partial charge in [0, 0.05) is 24.8 Å². The fourth-order valence-electron chi connectivity index (χ4n) is 3.65. The molecule has 3 atom stereocenters. The molecule has 1 fully saturated rings. The summed E-state index contributed by atoms with van der Waals surface area (Å²) in [6, 6.07) is 9.32. The van der Waals surface area contributed by atoms with E-state index in [1.165, 1.54) is 43.5 Å². The summed E-state index contributed by atoms with van der Waals surface area (Å²) in [7, 11) is 0. The Bertz CT molecular complexity index is 415. The Morgan fingerprint density at radius 3 is 2.89 bits per heavy atom. The number of nitrogens with two attached hydrogens (primary N) is 1. The molecule has 2 aliphatic rings. The first-order valence-electron chi connectivity index (χ1n) is 7.32. The maximum absolute atomic E-state index is 6.22. The Hall–Kier alpha value is -1.02. The van der Waals surface area contributed by atoms with E-state index in [0.717, 1.165) is 12.5 Å². The summed E-state index contributed by atoms with van der Waals surface area (Å²) >= 11 is 0. The molecule has 2 N–H and O–H groups in total. The van der Waals surface area contributed by atoms with Crippen LogP contribution >= 0.6 is 0 Å². The van der Waals surface area contributed by atoms with Gasteiger partial charge in [-0.3, -0.25) is 0 Å². The quantitative estimate of drug-likeness (QED) is 0.867. The van der Waals surface area contributed by atoms with Crippen molar-refractivity contribution in [3.05, 3.63) is 29.8 Å². The molecule has 0 spiro atoms. The lowest BCUT2D eigenvalue weighted by atomic mass is 9.92. The fourth-order valence-corrected chi connectivity index (χ4v) is 3.65. The lowest BCUT2D eigenvalue weighted by molar-refractivity contribution is 0.441. The Labute approximate surface area is 110 Å². The highest BCUT2D eigenvalue weighted by Crippen LogP contribution is 2.32. The molecular weight excluding hydrogens is 220 g/mol. The third-order valence-electron chi connectivity index (χ3n) is 4.61. The van der Waals surface area contributed by atoms with Crippen LogP contribution in [0.15, 0.2) is 24.3 Å². The topological polar surface area (TPSA) is 29.3 Å². The Balaban J connectivity index is 1.79. The van der Waals surface area contributed by atoms with Gasteiger partial charge in [-0.05, 0) is 42.7 Å². The van der Waals surface area contributed by atoms with Gasteiger partial charge in [0.05, 0.1) is 0 Å². The molecule has 0 bridgehead atoms. The van der Waals surface area contributed by atoms with Gasteiger partial charge in [-0.25, -0.2) is 0 Å². The molecule has 0 amide bonds. The van der Waals surface area contributed by atoms with Crippen LogP contribution in [-0.2, 0) is 6.42 Å². The van der Waals surface area contributed by atoms with Gasteiger partial charge >= 0.3 is 0 Å². The number of para-hydroxylation sites is 1. The van der Waals surface area contributed by atoms with Crippen molar-refractivity contribution in [3.63, 3.8) is 0 Å². The summed E-state index contributed by atoms with van der Waals surface area (Å²) in [5, 5.41) is 0. The third-order valence-corrected chi connectivity index (χ3v) is 4.61. The van der Waals surface area contributed by atoms with Crippen LogP contribution in [0.2, 0.25) is 0 Å². The molecule has 1 aromatic carbocycles. The van der Waals surface area contributed by atoms with Crippen LogP contribution in [0.5, 0.6) is 0 Å². The van der Waals surface area contributed by atoms with E-state index in [0.29, 0.717) is 12.0 Å². The van der Waals surface area contributed by atoms with Gasteiger partial charge in [-0.15, -0.1) is 0 Å². The summed E-state index contributed by atoms with van der Waals surface area (Å²) in [5.41, 5.74) is 9.19. The maximum atomic E-state index is 6.22. The number of hydrogen-bond acceptors (Lipinski definition) is 2. The predicted molar refractivity (Wildman–Crippen MR) is 76.8 cm³/mol. The van der Waals surface area contributed by atoms with Crippen LogP contribution in [0.1, 0.15) is 31.7 Å². The van der Waals surface area contributed by atoms with Crippen molar-refractivity contribution in [2.45, 2.75) is 38.6 Å². The Kier molecular flexibility index (Phi) is 3.29. The predicted octanol–water partition coefficient (Wildman–Crippen LogP) is 2.81. The molecule has 18 heavy (non-hydrogen) atoms. The lowest BCUT2D eigenvalue weighted by Gasteiger charge is -2.37. The normalized spacial score (nSPS) is 31.4. The third kappa shape index (κ3) is 2.26. The van der Waals surface area contributed by atoms with Crippen LogP contribution in [0.25, 0.3) is 0 Å². The van der Waals surface area contributed by atoms with Crippen LogP contribution in [0, 0.1) is 11.8 Å². The van der Waals surface area contributed by atoms with E-state index < -0.39 is 0 Å². The Morgan fingerprint density at radius 2 is 2.11 bits per heavy atom. The first-order chi connectivity index (χ1) is 8.74. The molecule has 0 saturated heterocycles. The summed E-state index contributed by atoms with van der Waals surface area (Å²) in [5.74, 6) is 1.46. The molecule has 0 radical (unpaired) electrons. The van der Waals surface area contributed by atoms with Crippen LogP contribution in [-0.4, -0.2) is 19.1 Å². The average molecular weight is 244 g/mol. The second-order valence-electron chi connectivity index (χ2n) is 6.20. The molecule has 1 heterocycles. The van der Waals surface area contributed by atoms with Gasteiger partial charge in [0.15, 0.2) is 0 Å². The molecule has 1 aromatic rings. The van der Waals surface area contributed by atoms with Crippen molar-refractivity contribution in [1.82, 2.24) is 0 Å². The van der Waals surface area contributed by atoms with Crippen molar-refractivity contribution in [2.75, 3.05) is 18.0 Å². The first kappa shape index (κ1) is 12.0. The molecule has 2 nitrogen and oxygen atoms in total. The number of benzene rings is 1. The smallest absolute Gasteiger partial charge is 0.0399 e. The molecule has 98 valence electrons. The zero-order chi connectivity index (χ0) is 12.5. The van der Waals surface area contributed by atoms with Gasteiger partial charge in [0.2, 0.25) is 0 Å². The van der Waals surface area contributed by atoms with E-state index in [1.54, 1.807) is 0 Å². The molecular formula is C16H24N2.